The molecule has 12 heteroatoms. The van der Waals surface area contributed by atoms with E-state index in [0.717, 1.165) is 23.3 Å². The van der Waals surface area contributed by atoms with Crippen molar-refractivity contribution in [3.63, 3.8) is 0 Å². The Morgan fingerprint density at radius 3 is 2.50 bits per heavy atom. The highest BCUT2D eigenvalue weighted by molar-refractivity contribution is 7.98. The Balaban J connectivity index is 1.54. The number of hydrogen-bond donors (Lipinski definition) is 2. The van der Waals surface area contributed by atoms with Crippen molar-refractivity contribution in [1.82, 2.24) is 20.1 Å². The summed E-state index contributed by atoms with van der Waals surface area (Å²) in [5, 5.41) is 25.1. The van der Waals surface area contributed by atoms with Crippen LogP contribution in [0.1, 0.15) is 17.0 Å². The van der Waals surface area contributed by atoms with Gasteiger partial charge in [-0.05, 0) is 42.3 Å². The summed E-state index contributed by atoms with van der Waals surface area (Å²) in [4.78, 5) is 22.9. The van der Waals surface area contributed by atoms with Crippen LogP contribution in [0, 0.1) is 28.7 Å². The maximum absolute atomic E-state index is 13.4. The summed E-state index contributed by atoms with van der Waals surface area (Å²) in [6.07, 6.45) is 0. The van der Waals surface area contributed by atoms with E-state index < -0.39 is 22.6 Å². The minimum atomic E-state index is -1.08. The Morgan fingerprint density at radius 2 is 1.81 bits per heavy atom. The second kappa shape index (κ2) is 11.0. The van der Waals surface area contributed by atoms with Crippen LogP contribution < -0.4 is 10.6 Å². The van der Waals surface area contributed by atoms with Crippen LogP contribution in [0.25, 0.3) is 5.69 Å². The minimum absolute atomic E-state index is 0.0512. The monoisotopic (exact) mass is 510 g/mol. The van der Waals surface area contributed by atoms with Crippen LogP contribution in [-0.2, 0) is 12.3 Å². The third-order valence-corrected chi connectivity index (χ3v) is 6.20. The van der Waals surface area contributed by atoms with E-state index in [2.05, 4.69) is 20.8 Å². The van der Waals surface area contributed by atoms with E-state index in [0.29, 0.717) is 22.4 Å². The SMILES string of the molecule is Cc1ccccc1CSc1nnc(CNC(=O)Nc2ccc(F)c(F)c2)n1-c1ccc([N+](=O)[O-])cc1. The van der Waals surface area contributed by atoms with Gasteiger partial charge in [-0.2, -0.15) is 0 Å². The molecule has 0 unspecified atom stereocenters. The molecule has 4 rings (SSSR count). The van der Waals surface area contributed by atoms with Crippen LogP contribution in [0.5, 0.6) is 0 Å². The summed E-state index contributed by atoms with van der Waals surface area (Å²) in [5.41, 5.74) is 2.84. The number of halogens is 2. The summed E-state index contributed by atoms with van der Waals surface area (Å²) in [6.45, 7) is 1.96. The second-order valence-electron chi connectivity index (χ2n) is 7.66. The second-order valence-corrected chi connectivity index (χ2v) is 8.60. The van der Waals surface area contributed by atoms with Gasteiger partial charge in [0, 0.05) is 35.3 Å². The van der Waals surface area contributed by atoms with Gasteiger partial charge in [-0.3, -0.25) is 14.7 Å². The molecular formula is C24H20F2N6O3S. The van der Waals surface area contributed by atoms with Crippen LogP contribution in [0.15, 0.2) is 71.9 Å². The molecule has 1 heterocycles. The molecule has 0 spiro atoms. The van der Waals surface area contributed by atoms with Gasteiger partial charge in [-0.1, -0.05) is 36.0 Å². The molecule has 2 amide bonds. The molecule has 0 fully saturated rings. The molecule has 0 bridgehead atoms. The Labute approximate surface area is 208 Å². The fourth-order valence-corrected chi connectivity index (χ4v) is 4.36. The van der Waals surface area contributed by atoms with E-state index in [1.165, 1.54) is 30.0 Å². The lowest BCUT2D eigenvalue weighted by molar-refractivity contribution is -0.384. The van der Waals surface area contributed by atoms with E-state index in [-0.39, 0.29) is 17.9 Å². The van der Waals surface area contributed by atoms with Gasteiger partial charge in [0.25, 0.3) is 5.69 Å². The summed E-state index contributed by atoms with van der Waals surface area (Å²) in [5.74, 6) is -1.12. The molecule has 0 atom stereocenters. The van der Waals surface area contributed by atoms with Crippen molar-refractivity contribution in [2.24, 2.45) is 0 Å². The van der Waals surface area contributed by atoms with E-state index >= 15 is 0 Å². The molecule has 0 saturated heterocycles. The molecule has 2 N–H and O–H groups in total. The summed E-state index contributed by atoms with van der Waals surface area (Å²) in [6, 6.07) is 16.2. The van der Waals surface area contributed by atoms with Crippen LogP contribution in [0.3, 0.4) is 0 Å². The summed E-state index contributed by atoms with van der Waals surface area (Å²) in [7, 11) is 0. The zero-order valence-corrected chi connectivity index (χ0v) is 19.8. The van der Waals surface area contributed by atoms with Gasteiger partial charge >= 0.3 is 6.03 Å². The number of nitrogens with zero attached hydrogens (tertiary/aromatic N) is 4. The standard InChI is InChI=1S/C24H20F2N6O3S/c1-15-4-2-3-5-16(15)14-36-24-30-29-22(31(24)18-7-9-19(10-8-18)32(34)35)13-27-23(33)28-17-6-11-20(25)21(26)12-17/h2-12H,13-14H2,1H3,(H2,27,28,33). The van der Waals surface area contributed by atoms with Crippen LogP contribution in [0.4, 0.5) is 25.0 Å². The summed E-state index contributed by atoms with van der Waals surface area (Å²) >= 11 is 1.43. The fraction of sp³-hybridized carbons (Fsp3) is 0.125. The van der Waals surface area contributed by atoms with E-state index in [4.69, 9.17) is 0 Å². The van der Waals surface area contributed by atoms with Gasteiger partial charge in [0.1, 0.15) is 0 Å². The Morgan fingerprint density at radius 1 is 1.06 bits per heavy atom. The third kappa shape index (κ3) is 5.84. The Bertz CT molecular complexity index is 1410. The molecule has 0 radical (unpaired) electrons. The molecule has 3 aromatic carbocycles. The van der Waals surface area contributed by atoms with Gasteiger partial charge < -0.3 is 10.6 Å². The number of anilines is 1. The predicted octanol–water partition coefficient (Wildman–Crippen LogP) is 5.38. The van der Waals surface area contributed by atoms with Crippen molar-refractivity contribution < 1.29 is 18.5 Å². The zero-order valence-electron chi connectivity index (χ0n) is 18.9. The number of aryl methyl sites for hydroxylation is 1. The highest BCUT2D eigenvalue weighted by Gasteiger charge is 2.17. The minimum Gasteiger partial charge on any atom is -0.331 e. The average Bonchev–Trinajstić information content (AvgIpc) is 3.27. The lowest BCUT2D eigenvalue weighted by atomic mass is 10.1. The van der Waals surface area contributed by atoms with Gasteiger partial charge in [0.05, 0.1) is 11.5 Å². The fourth-order valence-electron chi connectivity index (χ4n) is 3.31. The molecular weight excluding hydrogens is 490 g/mol. The third-order valence-electron chi connectivity index (χ3n) is 5.22. The number of thioether (sulfide) groups is 1. The van der Waals surface area contributed by atoms with Crippen molar-refractivity contribution in [2.45, 2.75) is 24.4 Å². The lowest BCUT2D eigenvalue weighted by Crippen LogP contribution is -2.29. The highest BCUT2D eigenvalue weighted by Crippen LogP contribution is 2.27. The Kier molecular flexibility index (Phi) is 7.54. The molecule has 0 aliphatic carbocycles. The van der Waals surface area contributed by atoms with E-state index in [1.807, 2.05) is 31.2 Å². The molecule has 1 aromatic heterocycles. The zero-order chi connectivity index (χ0) is 25.7. The number of rotatable bonds is 8. The van der Waals surface area contributed by atoms with Crippen LogP contribution in [-0.4, -0.2) is 25.7 Å². The first kappa shape index (κ1) is 24.8. The van der Waals surface area contributed by atoms with Gasteiger partial charge in [0.2, 0.25) is 0 Å². The maximum Gasteiger partial charge on any atom is 0.319 e. The number of amides is 2. The number of nitro benzene ring substituents is 1. The topological polar surface area (TPSA) is 115 Å². The largest absolute Gasteiger partial charge is 0.331 e. The first-order valence-corrected chi connectivity index (χ1v) is 11.7. The van der Waals surface area contributed by atoms with Crippen LogP contribution >= 0.6 is 11.8 Å². The molecule has 184 valence electrons. The molecule has 0 saturated carbocycles. The van der Waals surface area contributed by atoms with Gasteiger partial charge in [-0.15, -0.1) is 10.2 Å². The average molecular weight is 511 g/mol. The number of carbonyl (C=O) groups is 1. The predicted molar refractivity (Wildman–Crippen MR) is 131 cm³/mol. The van der Waals surface area contributed by atoms with Crippen molar-refractivity contribution in [3.05, 3.63) is 105 Å². The number of nitrogens with one attached hydrogen (secondary N) is 2. The van der Waals surface area contributed by atoms with Gasteiger partial charge in [0.15, 0.2) is 22.6 Å². The molecule has 9 nitrogen and oxygen atoms in total. The van der Waals surface area contributed by atoms with Crippen molar-refractivity contribution >= 4 is 29.2 Å². The number of nitro groups is 1. The van der Waals surface area contributed by atoms with Gasteiger partial charge in [-0.25, -0.2) is 13.6 Å². The van der Waals surface area contributed by atoms with E-state index in [1.54, 1.807) is 16.7 Å². The lowest BCUT2D eigenvalue weighted by Gasteiger charge is -2.12. The summed E-state index contributed by atoms with van der Waals surface area (Å²) < 4.78 is 28.2. The smallest absolute Gasteiger partial charge is 0.319 e. The first-order valence-electron chi connectivity index (χ1n) is 10.7. The number of urea groups is 1. The normalized spacial score (nSPS) is 10.8. The first-order chi connectivity index (χ1) is 17.3. The number of non-ortho nitro benzene ring substituents is 1. The number of aromatic nitrogens is 3. The molecule has 0 aliphatic rings. The van der Waals surface area contributed by atoms with Crippen LogP contribution in [0.2, 0.25) is 0 Å². The number of hydrogen-bond acceptors (Lipinski definition) is 6. The van der Waals surface area contributed by atoms with E-state index in [9.17, 15) is 23.7 Å². The van der Waals surface area contributed by atoms with Crippen molar-refractivity contribution in [2.75, 3.05) is 5.32 Å². The van der Waals surface area contributed by atoms with Crippen molar-refractivity contribution in [1.29, 1.82) is 0 Å². The Hall–Kier alpha value is -4.32. The quantitative estimate of drug-likeness (QED) is 0.187. The highest BCUT2D eigenvalue weighted by atomic mass is 32.2. The number of carbonyl (C=O) groups excluding carboxylic acids is 1. The number of benzene rings is 3. The molecule has 4 aromatic rings. The van der Waals surface area contributed by atoms with Crippen molar-refractivity contribution in [3.8, 4) is 5.69 Å². The molecule has 0 aliphatic heterocycles. The maximum atomic E-state index is 13.4. The molecule has 36 heavy (non-hydrogen) atoms.